The smallest absolute Gasteiger partial charge is 0.398 e. The standard InChI is InChI=1S/C8H6Cl2F3N/c9-3-4-1-2-5(10)6(7(4)14)8(11,12)13/h1-2H,3,14H2. The van der Waals surface area contributed by atoms with E-state index in [-0.39, 0.29) is 11.4 Å². The summed E-state index contributed by atoms with van der Waals surface area (Å²) in [6.07, 6.45) is -4.55. The van der Waals surface area contributed by atoms with E-state index in [9.17, 15) is 13.2 Å². The molecule has 78 valence electrons. The zero-order valence-electron chi connectivity index (χ0n) is 6.83. The molecular formula is C8H6Cl2F3N. The zero-order chi connectivity index (χ0) is 10.9. The molecule has 0 heterocycles. The van der Waals surface area contributed by atoms with Crippen molar-refractivity contribution >= 4 is 28.9 Å². The summed E-state index contributed by atoms with van der Waals surface area (Å²) in [7, 11) is 0. The first-order chi connectivity index (χ1) is 6.38. The third kappa shape index (κ3) is 2.07. The predicted octanol–water partition coefficient (Wildman–Crippen LogP) is 3.68. The average Bonchev–Trinajstić information content (AvgIpc) is 2.02. The van der Waals surface area contributed by atoms with Crippen LogP contribution in [0.1, 0.15) is 11.1 Å². The summed E-state index contributed by atoms with van der Waals surface area (Å²) in [4.78, 5) is 0. The minimum atomic E-state index is -4.55. The summed E-state index contributed by atoms with van der Waals surface area (Å²) in [6, 6.07) is 2.51. The summed E-state index contributed by atoms with van der Waals surface area (Å²) in [5.41, 5.74) is 4.10. The molecule has 0 aliphatic rings. The Morgan fingerprint density at radius 2 is 1.86 bits per heavy atom. The maximum absolute atomic E-state index is 12.4. The van der Waals surface area contributed by atoms with Gasteiger partial charge in [-0.15, -0.1) is 11.6 Å². The van der Waals surface area contributed by atoms with E-state index in [1.165, 1.54) is 6.07 Å². The quantitative estimate of drug-likeness (QED) is 0.591. The molecule has 0 unspecified atom stereocenters. The van der Waals surface area contributed by atoms with Crippen LogP contribution >= 0.6 is 23.2 Å². The van der Waals surface area contributed by atoms with E-state index in [0.717, 1.165) is 6.07 Å². The van der Waals surface area contributed by atoms with Crippen LogP contribution in [0.3, 0.4) is 0 Å². The number of hydrogen-bond acceptors (Lipinski definition) is 1. The van der Waals surface area contributed by atoms with Crippen LogP contribution in [0.25, 0.3) is 0 Å². The Labute approximate surface area is 88.6 Å². The van der Waals surface area contributed by atoms with Crippen molar-refractivity contribution < 1.29 is 13.2 Å². The molecular weight excluding hydrogens is 238 g/mol. The van der Waals surface area contributed by atoms with Crippen molar-refractivity contribution in [2.45, 2.75) is 12.1 Å². The summed E-state index contributed by atoms with van der Waals surface area (Å²) < 4.78 is 37.3. The molecule has 0 amide bonds. The molecule has 1 rings (SSSR count). The summed E-state index contributed by atoms with van der Waals surface area (Å²) >= 11 is 10.8. The molecule has 0 spiro atoms. The summed E-state index contributed by atoms with van der Waals surface area (Å²) in [5, 5.41) is -0.413. The fourth-order valence-electron chi connectivity index (χ4n) is 1.04. The van der Waals surface area contributed by atoms with Gasteiger partial charge in [0.1, 0.15) is 0 Å². The maximum atomic E-state index is 12.4. The molecule has 2 N–H and O–H groups in total. The SMILES string of the molecule is Nc1c(CCl)ccc(Cl)c1C(F)(F)F. The first kappa shape index (κ1) is 11.5. The van der Waals surface area contributed by atoms with Crippen LogP contribution in [0.4, 0.5) is 18.9 Å². The first-order valence-corrected chi connectivity index (χ1v) is 4.49. The van der Waals surface area contributed by atoms with Gasteiger partial charge in [0, 0.05) is 11.6 Å². The molecule has 0 atom stereocenters. The Kier molecular flexibility index (Phi) is 3.17. The van der Waals surface area contributed by atoms with Crippen LogP contribution < -0.4 is 5.73 Å². The van der Waals surface area contributed by atoms with Gasteiger partial charge in [-0.1, -0.05) is 17.7 Å². The fraction of sp³-hybridized carbons (Fsp3) is 0.250. The van der Waals surface area contributed by atoms with E-state index in [1.807, 2.05) is 0 Å². The normalized spacial score (nSPS) is 11.8. The van der Waals surface area contributed by atoms with Crippen LogP contribution in [0.5, 0.6) is 0 Å². The number of hydrogen-bond donors (Lipinski definition) is 1. The largest absolute Gasteiger partial charge is 0.419 e. The van der Waals surface area contributed by atoms with Crippen LogP contribution in [0.2, 0.25) is 5.02 Å². The van der Waals surface area contributed by atoms with E-state index < -0.39 is 22.4 Å². The lowest BCUT2D eigenvalue weighted by atomic mass is 10.1. The van der Waals surface area contributed by atoms with Crippen molar-refractivity contribution in [3.8, 4) is 0 Å². The molecule has 0 fully saturated rings. The van der Waals surface area contributed by atoms with Crippen LogP contribution in [0, 0.1) is 0 Å². The Bertz CT molecular complexity index is 349. The van der Waals surface area contributed by atoms with E-state index in [4.69, 9.17) is 28.9 Å². The first-order valence-electron chi connectivity index (χ1n) is 3.58. The number of rotatable bonds is 1. The van der Waals surface area contributed by atoms with E-state index in [0.29, 0.717) is 0 Å². The highest BCUT2D eigenvalue weighted by atomic mass is 35.5. The van der Waals surface area contributed by atoms with Gasteiger partial charge in [-0.25, -0.2) is 0 Å². The number of anilines is 1. The highest BCUT2D eigenvalue weighted by Crippen LogP contribution is 2.40. The number of alkyl halides is 4. The molecule has 0 aliphatic heterocycles. The number of halogens is 5. The second-order valence-corrected chi connectivity index (χ2v) is 3.30. The summed E-state index contributed by atoms with van der Waals surface area (Å²) in [5.74, 6) is -0.0773. The van der Waals surface area contributed by atoms with E-state index in [1.54, 1.807) is 0 Å². The monoisotopic (exact) mass is 243 g/mol. The Morgan fingerprint density at radius 3 is 2.29 bits per heavy atom. The van der Waals surface area contributed by atoms with Gasteiger partial charge in [0.25, 0.3) is 0 Å². The van der Waals surface area contributed by atoms with Crippen LogP contribution in [0.15, 0.2) is 12.1 Å². The Hall–Kier alpha value is -0.610. The van der Waals surface area contributed by atoms with Gasteiger partial charge in [0.15, 0.2) is 0 Å². The van der Waals surface area contributed by atoms with E-state index >= 15 is 0 Å². The lowest BCUT2D eigenvalue weighted by Gasteiger charge is -2.13. The lowest BCUT2D eigenvalue weighted by molar-refractivity contribution is -0.136. The van der Waals surface area contributed by atoms with Crippen LogP contribution in [-0.2, 0) is 12.1 Å². The molecule has 0 aliphatic carbocycles. The van der Waals surface area contributed by atoms with Crippen molar-refractivity contribution in [3.63, 3.8) is 0 Å². The second kappa shape index (κ2) is 3.87. The Balaban J connectivity index is 3.40. The highest BCUT2D eigenvalue weighted by Gasteiger charge is 2.36. The number of nitrogens with two attached hydrogens (primary N) is 1. The molecule has 0 radical (unpaired) electrons. The third-order valence-electron chi connectivity index (χ3n) is 1.71. The van der Waals surface area contributed by atoms with Gasteiger partial charge in [0.05, 0.1) is 10.6 Å². The maximum Gasteiger partial charge on any atom is 0.419 e. The van der Waals surface area contributed by atoms with E-state index in [2.05, 4.69) is 0 Å². The summed E-state index contributed by atoms with van der Waals surface area (Å²) in [6.45, 7) is 0. The van der Waals surface area contributed by atoms with Crippen molar-refractivity contribution in [2.24, 2.45) is 0 Å². The topological polar surface area (TPSA) is 26.0 Å². The molecule has 6 heteroatoms. The van der Waals surface area contributed by atoms with Crippen LogP contribution in [-0.4, -0.2) is 0 Å². The van der Waals surface area contributed by atoms with Crippen molar-refractivity contribution in [2.75, 3.05) is 5.73 Å². The average molecular weight is 244 g/mol. The minimum absolute atomic E-state index is 0.0773. The third-order valence-corrected chi connectivity index (χ3v) is 2.32. The molecule has 0 bridgehead atoms. The molecule has 0 saturated carbocycles. The van der Waals surface area contributed by atoms with Gasteiger partial charge >= 0.3 is 6.18 Å². The zero-order valence-corrected chi connectivity index (χ0v) is 8.34. The van der Waals surface area contributed by atoms with Crippen molar-refractivity contribution in [1.29, 1.82) is 0 Å². The molecule has 14 heavy (non-hydrogen) atoms. The number of nitrogen functional groups attached to an aromatic ring is 1. The lowest BCUT2D eigenvalue weighted by Crippen LogP contribution is -2.11. The molecule has 1 nitrogen and oxygen atoms in total. The predicted molar refractivity (Wildman–Crippen MR) is 50.4 cm³/mol. The molecule has 0 saturated heterocycles. The molecule has 1 aromatic rings. The van der Waals surface area contributed by atoms with Gasteiger partial charge in [-0.05, 0) is 11.6 Å². The fourth-order valence-corrected chi connectivity index (χ4v) is 1.55. The van der Waals surface area contributed by atoms with Crippen molar-refractivity contribution in [3.05, 3.63) is 28.3 Å². The number of benzene rings is 1. The second-order valence-electron chi connectivity index (χ2n) is 2.63. The minimum Gasteiger partial charge on any atom is -0.398 e. The van der Waals surface area contributed by atoms with Crippen molar-refractivity contribution in [1.82, 2.24) is 0 Å². The molecule has 1 aromatic carbocycles. The Morgan fingerprint density at radius 1 is 1.29 bits per heavy atom. The van der Waals surface area contributed by atoms with Gasteiger partial charge < -0.3 is 5.73 Å². The van der Waals surface area contributed by atoms with Gasteiger partial charge in [-0.3, -0.25) is 0 Å². The van der Waals surface area contributed by atoms with Gasteiger partial charge in [-0.2, -0.15) is 13.2 Å². The van der Waals surface area contributed by atoms with Gasteiger partial charge in [0.2, 0.25) is 0 Å². The highest BCUT2D eigenvalue weighted by molar-refractivity contribution is 6.32. The molecule has 0 aromatic heterocycles.